The van der Waals surface area contributed by atoms with Gasteiger partial charge in [-0.1, -0.05) is 0 Å². The second-order valence-corrected chi connectivity index (χ2v) is 5.74. The molecule has 0 spiro atoms. The van der Waals surface area contributed by atoms with Gasteiger partial charge in [0.1, 0.15) is 5.60 Å². The van der Waals surface area contributed by atoms with E-state index in [4.69, 9.17) is 9.47 Å². The number of carbonyl (C=O) groups is 1. The summed E-state index contributed by atoms with van der Waals surface area (Å²) in [6.07, 6.45) is 4.64. The number of carbonyl (C=O) groups excluding carboxylic acids is 1. The van der Waals surface area contributed by atoms with Crippen molar-refractivity contribution in [1.29, 1.82) is 0 Å². The van der Waals surface area contributed by atoms with Crippen molar-refractivity contribution in [3.05, 3.63) is 0 Å². The minimum atomic E-state index is -0.422. The third kappa shape index (κ3) is 2.67. The Hall–Kier alpha value is -0.770. The molecule has 0 aromatic carbocycles. The Balaban J connectivity index is 1.63. The molecule has 0 radical (unpaired) electrons. The van der Waals surface area contributed by atoms with Crippen LogP contribution in [0.5, 0.6) is 0 Å². The maximum absolute atomic E-state index is 11.4. The zero-order valence-corrected chi connectivity index (χ0v) is 10.3. The molecule has 1 saturated carbocycles. The lowest BCUT2D eigenvalue weighted by Gasteiger charge is -2.20. The number of amides is 1. The van der Waals surface area contributed by atoms with E-state index in [0.29, 0.717) is 12.6 Å². The Morgan fingerprint density at radius 2 is 2.31 bits per heavy atom. The zero-order valence-electron chi connectivity index (χ0n) is 10.3. The van der Waals surface area contributed by atoms with Gasteiger partial charge < -0.3 is 14.8 Å². The van der Waals surface area contributed by atoms with Gasteiger partial charge in [0.15, 0.2) is 0 Å². The molecule has 2 unspecified atom stereocenters. The molecule has 0 aromatic rings. The van der Waals surface area contributed by atoms with Crippen molar-refractivity contribution in [2.45, 2.75) is 63.8 Å². The number of hydrogen-bond acceptors (Lipinski definition) is 3. The number of epoxide rings is 1. The molecular formula is C12H21NO3. The third-order valence-corrected chi connectivity index (χ3v) is 3.19. The molecule has 1 N–H and O–H groups in total. The predicted octanol–water partition coefficient (Wildman–Crippen LogP) is 2.22. The quantitative estimate of drug-likeness (QED) is 0.752. The Kier molecular flexibility index (Phi) is 2.86. The van der Waals surface area contributed by atoms with Crippen LogP contribution >= 0.6 is 0 Å². The Labute approximate surface area is 96.7 Å². The molecule has 16 heavy (non-hydrogen) atoms. The summed E-state index contributed by atoms with van der Waals surface area (Å²) in [6, 6.07) is 0. The van der Waals surface area contributed by atoms with Crippen LogP contribution in [-0.4, -0.2) is 29.9 Å². The van der Waals surface area contributed by atoms with E-state index in [-0.39, 0.29) is 11.7 Å². The fraction of sp³-hybridized carbons (Fsp3) is 0.917. The van der Waals surface area contributed by atoms with Crippen LogP contribution < -0.4 is 5.32 Å². The lowest BCUT2D eigenvalue weighted by atomic mass is 10.0. The number of fused-ring (bicyclic) bond motifs is 1. The zero-order chi connectivity index (χ0) is 11.8. The summed E-state index contributed by atoms with van der Waals surface area (Å²) >= 11 is 0. The lowest BCUT2D eigenvalue weighted by molar-refractivity contribution is 0.0523. The molecule has 92 valence electrons. The van der Waals surface area contributed by atoms with E-state index >= 15 is 0 Å². The summed E-state index contributed by atoms with van der Waals surface area (Å²) in [6.45, 7) is 6.23. The Morgan fingerprint density at radius 3 is 2.81 bits per heavy atom. The lowest BCUT2D eigenvalue weighted by Crippen LogP contribution is -2.34. The normalized spacial score (nSPS) is 32.1. The first-order valence-electron chi connectivity index (χ1n) is 6.06. The highest BCUT2D eigenvalue weighted by atomic mass is 16.6. The van der Waals surface area contributed by atoms with Crippen molar-refractivity contribution in [1.82, 2.24) is 5.32 Å². The second-order valence-electron chi connectivity index (χ2n) is 5.74. The fourth-order valence-corrected chi connectivity index (χ4v) is 2.41. The fourth-order valence-electron chi connectivity index (χ4n) is 2.41. The number of nitrogens with one attached hydrogen (secondary N) is 1. The first kappa shape index (κ1) is 11.7. The summed E-state index contributed by atoms with van der Waals surface area (Å²) in [5.41, 5.74) is -0.316. The average Bonchev–Trinajstić information content (AvgIpc) is 2.65. The molecule has 2 aliphatic rings. The number of rotatable bonds is 3. The van der Waals surface area contributed by atoms with Gasteiger partial charge in [-0.15, -0.1) is 0 Å². The van der Waals surface area contributed by atoms with E-state index in [0.717, 1.165) is 12.8 Å². The van der Waals surface area contributed by atoms with Crippen molar-refractivity contribution < 1.29 is 14.3 Å². The summed E-state index contributed by atoms with van der Waals surface area (Å²) in [5, 5.41) is 2.78. The van der Waals surface area contributed by atoms with Gasteiger partial charge in [-0.25, -0.2) is 4.79 Å². The van der Waals surface area contributed by atoms with Crippen LogP contribution in [0, 0.1) is 0 Å². The minimum absolute atomic E-state index is 0.106. The van der Waals surface area contributed by atoms with Crippen LogP contribution in [0.25, 0.3) is 0 Å². The highest BCUT2D eigenvalue weighted by Crippen LogP contribution is 2.51. The summed E-state index contributed by atoms with van der Waals surface area (Å²) in [4.78, 5) is 11.4. The number of hydrogen-bond donors (Lipinski definition) is 1. The predicted molar refractivity (Wildman–Crippen MR) is 60.3 cm³/mol. The highest BCUT2D eigenvalue weighted by Gasteiger charge is 2.58. The second kappa shape index (κ2) is 3.91. The van der Waals surface area contributed by atoms with Crippen molar-refractivity contribution in [3.8, 4) is 0 Å². The molecule has 2 fully saturated rings. The van der Waals surface area contributed by atoms with E-state index in [1.807, 2.05) is 20.8 Å². The van der Waals surface area contributed by atoms with Crippen molar-refractivity contribution in [3.63, 3.8) is 0 Å². The van der Waals surface area contributed by atoms with Gasteiger partial charge in [0.2, 0.25) is 0 Å². The van der Waals surface area contributed by atoms with Gasteiger partial charge in [-0.2, -0.15) is 0 Å². The first-order chi connectivity index (χ1) is 7.41. The molecule has 0 aromatic heterocycles. The largest absolute Gasteiger partial charge is 0.444 e. The van der Waals surface area contributed by atoms with Crippen LogP contribution in [-0.2, 0) is 9.47 Å². The molecule has 4 heteroatoms. The summed E-state index contributed by atoms with van der Waals surface area (Å²) < 4.78 is 10.8. The van der Waals surface area contributed by atoms with Gasteiger partial charge >= 0.3 is 6.09 Å². The van der Waals surface area contributed by atoms with Crippen LogP contribution in [0.1, 0.15) is 46.5 Å². The molecule has 0 bridgehead atoms. The molecular weight excluding hydrogens is 206 g/mol. The van der Waals surface area contributed by atoms with Crippen LogP contribution in [0.2, 0.25) is 0 Å². The molecule has 4 nitrogen and oxygen atoms in total. The van der Waals surface area contributed by atoms with E-state index < -0.39 is 5.60 Å². The third-order valence-electron chi connectivity index (χ3n) is 3.19. The van der Waals surface area contributed by atoms with Crippen molar-refractivity contribution in [2.75, 3.05) is 6.54 Å². The van der Waals surface area contributed by atoms with Gasteiger partial charge in [-0.3, -0.25) is 0 Å². The number of ether oxygens (including phenoxy) is 2. The standard InChI is InChI=1S/C12H21NO3/c1-11(2,3)16-10(14)13-8-7-12-6-4-5-9(12)15-12/h9H,4-8H2,1-3H3,(H,13,14). The topological polar surface area (TPSA) is 50.9 Å². The molecule has 1 heterocycles. The highest BCUT2D eigenvalue weighted by molar-refractivity contribution is 5.67. The number of alkyl carbamates (subject to hydrolysis) is 1. The first-order valence-corrected chi connectivity index (χ1v) is 6.06. The van der Waals surface area contributed by atoms with Gasteiger partial charge in [-0.05, 0) is 46.5 Å². The Bertz CT molecular complexity index is 284. The smallest absolute Gasteiger partial charge is 0.407 e. The van der Waals surface area contributed by atoms with Crippen LogP contribution in [0.4, 0.5) is 4.79 Å². The summed E-state index contributed by atoms with van der Waals surface area (Å²) in [7, 11) is 0. The minimum Gasteiger partial charge on any atom is -0.444 e. The molecule has 1 amide bonds. The maximum Gasteiger partial charge on any atom is 0.407 e. The van der Waals surface area contributed by atoms with Gasteiger partial charge in [0.25, 0.3) is 0 Å². The van der Waals surface area contributed by atoms with Crippen LogP contribution in [0.15, 0.2) is 0 Å². The SMILES string of the molecule is CC(C)(C)OC(=O)NCCC12CCCC1O2. The average molecular weight is 227 g/mol. The van der Waals surface area contributed by atoms with E-state index in [1.54, 1.807) is 0 Å². The molecule has 2 atom stereocenters. The maximum atomic E-state index is 11.4. The van der Waals surface area contributed by atoms with Gasteiger partial charge in [0, 0.05) is 6.54 Å². The van der Waals surface area contributed by atoms with E-state index in [9.17, 15) is 4.79 Å². The monoisotopic (exact) mass is 227 g/mol. The molecule has 2 rings (SSSR count). The van der Waals surface area contributed by atoms with Crippen LogP contribution in [0.3, 0.4) is 0 Å². The van der Waals surface area contributed by atoms with E-state index in [2.05, 4.69) is 5.32 Å². The van der Waals surface area contributed by atoms with Crippen molar-refractivity contribution >= 4 is 6.09 Å². The summed E-state index contributed by atoms with van der Waals surface area (Å²) in [5.74, 6) is 0. The van der Waals surface area contributed by atoms with Gasteiger partial charge in [0.05, 0.1) is 11.7 Å². The molecule has 1 aliphatic heterocycles. The molecule has 1 saturated heterocycles. The van der Waals surface area contributed by atoms with E-state index in [1.165, 1.54) is 12.8 Å². The van der Waals surface area contributed by atoms with Crippen molar-refractivity contribution in [2.24, 2.45) is 0 Å². The molecule has 1 aliphatic carbocycles. The Morgan fingerprint density at radius 1 is 1.56 bits per heavy atom.